The van der Waals surface area contributed by atoms with E-state index in [-0.39, 0.29) is 11.7 Å². The number of hydrogen-bond donors (Lipinski definition) is 2. The van der Waals surface area contributed by atoms with Gasteiger partial charge >= 0.3 is 5.69 Å². The Morgan fingerprint density at radius 2 is 2.19 bits per heavy atom. The second kappa shape index (κ2) is 7.19. The molecular formula is C14H23N5O2. The summed E-state index contributed by atoms with van der Waals surface area (Å²) in [5.74, 6) is 1.48. The summed E-state index contributed by atoms with van der Waals surface area (Å²) in [5, 5.41) is 17.4. The van der Waals surface area contributed by atoms with Crippen molar-refractivity contribution >= 4 is 17.5 Å². The molecule has 0 spiro atoms. The van der Waals surface area contributed by atoms with Crippen LogP contribution in [0, 0.1) is 16.0 Å². The Labute approximate surface area is 124 Å². The van der Waals surface area contributed by atoms with Crippen molar-refractivity contribution < 1.29 is 4.92 Å². The van der Waals surface area contributed by atoms with Gasteiger partial charge < -0.3 is 10.6 Å². The average molecular weight is 293 g/mol. The molecule has 1 saturated carbocycles. The number of rotatable bonds is 5. The lowest BCUT2D eigenvalue weighted by Gasteiger charge is -2.17. The molecule has 0 amide bonds. The molecule has 0 radical (unpaired) electrons. The predicted molar refractivity (Wildman–Crippen MR) is 82.5 cm³/mol. The zero-order chi connectivity index (χ0) is 15.2. The van der Waals surface area contributed by atoms with Crippen LogP contribution in [0.2, 0.25) is 0 Å². The van der Waals surface area contributed by atoms with Crippen molar-refractivity contribution in [2.24, 2.45) is 5.92 Å². The smallest absolute Gasteiger partial charge is 0.329 e. The standard InChI is InChI=1S/C14H23N5O2/c1-3-15-14-16-9-12(19(20)21)13(18-14)17-11-6-4-5-10(2)7-8-11/h9-11H,3-8H2,1-2H3,(H2,15,16,17,18). The Hall–Kier alpha value is -1.92. The molecule has 0 aliphatic heterocycles. The van der Waals surface area contributed by atoms with Crippen molar-refractivity contribution in [3.05, 3.63) is 16.3 Å². The molecule has 1 aromatic heterocycles. The van der Waals surface area contributed by atoms with Crippen LogP contribution in [0.1, 0.15) is 46.0 Å². The Kier molecular flexibility index (Phi) is 5.30. The van der Waals surface area contributed by atoms with Gasteiger partial charge in [0.1, 0.15) is 6.20 Å². The molecule has 116 valence electrons. The SMILES string of the molecule is CCNc1ncc([N+](=O)[O-])c(NC2CCCC(C)CC2)n1. The fourth-order valence-electron chi connectivity index (χ4n) is 2.68. The van der Waals surface area contributed by atoms with Crippen LogP contribution in [0.5, 0.6) is 0 Å². The van der Waals surface area contributed by atoms with Gasteiger partial charge in [-0.3, -0.25) is 10.1 Å². The van der Waals surface area contributed by atoms with Gasteiger partial charge in [0.05, 0.1) is 4.92 Å². The van der Waals surface area contributed by atoms with E-state index in [4.69, 9.17) is 0 Å². The second-order valence-electron chi connectivity index (χ2n) is 5.67. The number of nitrogens with one attached hydrogen (secondary N) is 2. The first-order chi connectivity index (χ1) is 10.1. The summed E-state index contributed by atoms with van der Waals surface area (Å²) in [6, 6.07) is 0.248. The van der Waals surface area contributed by atoms with Gasteiger partial charge in [-0.25, -0.2) is 4.98 Å². The molecule has 1 heterocycles. The Morgan fingerprint density at radius 1 is 1.38 bits per heavy atom. The van der Waals surface area contributed by atoms with Gasteiger partial charge in [-0.15, -0.1) is 0 Å². The van der Waals surface area contributed by atoms with Gasteiger partial charge in [0.15, 0.2) is 0 Å². The quantitative estimate of drug-likeness (QED) is 0.492. The number of nitro groups is 1. The topological polar surface area (TPSA) is 93.0 Å². The first-order valence-electron chi connectivity index (χ1n) is 7.62. The van der Waals surface area contributed by atoms with E-state index in [1.54, 1.807) is 0 Å². The normalized spacial score (nSPS) is 22.4. The largest absolute Gasteiger partial charge is 0.361 e. The van der Waals surface area contributed by atoms with E-state index in [0.717, 1.165) is 31.6 Å². The van der Waals surface area contributed by atoms with Crippen molar-refractivity contribution in [3.8, 4) is 0 Å². The first-order valence-corrected chi connectivity index (χ1v) is 7.62. The van der Waals surface area contributed by atoms with Gasteiger partial charge in [-0.1, -0.05) is 19.8 Å². The van der Waals surface area contributed by atoms with Crippen LogP contribution in [-0.4, -0.2) is 27.5 Å². The molecule has 0 saturated heterocycles. The van der Waals surface area contributed by atoms with E-state index in [1.165, 1.54) is 12.6 Å². The van der Waals surface area contributed by atoms with Gasteiger partial charge in [-0.2, -0.15) is 4.98 Å². The predicted octanol–water partition coefficient (Wildman–Crippen LogP) is 3.20. The Morgan fingerprint density at radius 3 is 2.90 bits per heavy atom. The molecule has 1 aliphatic carbocycles. The van der Waals surface area contributed by atoms with E-state index >= 15 is 0 Å². The van der Waals surface area contributed by atoms with Crippen LogP contribution in [0.25, 0.3) is 0 Å². The molecule has 0 aromatic carbocycles. The summed E-state index contributed by atoms with van der Waals surface area (Å²) in [4.78, 5) is 18.9. The third-order valence-electron chi connectivity index (χ3n) is 3.90. The van der Waals surface area contributed by atoms with Crippen molar-refractivity contribution in [2.75, 3.05) is 17.2 Å². The summed E-state index contributed by atoms with van der Waals surface area (Å²) in [7, 11) is 0. The highest BCUT2D eigenvalue weighted by molar-refractivity contribution is 5.57. The molecule has 2 unspecified atom stereocenters. The lowest BCUT2D eigenvalue weighted by atomic mass is 10.0. The highest BCUT2D eigenvalue weighted by atomic mass is 16.6. The molecule has 7 nitrogen and oxygen atoms in total. The lowest BCUT2D eigenvalue weighted by Crippen LogP contribution is -2.20. The third-order valence-corrected chi connectivity index (χ3v) is 3.90. The van der Waals surface area contributed by atoms with E-state index in [9.17, 15) is 10.1 Å². The molecule has 0 bridgehead atoms. The molecule has 21 heavy (non-hydrogen) atoms. The molecular weight excluding hydrogens is 270 g/mol. The minimum absolute atomic E-state index is 0.0612. The molecule has 1 fully saturated rings. The summed E-state index contributed by atoms with van der Waals surface area (Å²) in [6.45, 7) is 4.88. The summed E-state index contributed by atoms with van der Waals surface area (Å²) in [5.41, 5.74) is -0.0612. The molecule has 2 rings (SSSR count). The van der Waals surface area contributed by atoms with Crippen LogP contribution < -0.4 is 10.6 Å². The third kappa shape index (κ3) is 4.27. The van der Waals surface area contributed by atoms with Crippen LogP contribution in [-0.2, 0) is 0 Å². The van der Waals surface area contributed by atoms with Crippen molar-refractivity contribution in [1.29, 1.82) is 0 Å². The van der Waals surface area contributed by atoms with Crippen LogP contribution in [0.4, 0.5) is 17.5 Å². The monoisotopic (exact) mass is 293 g/mol. The number of hydrogen-bond acceptors (Lipinski definition) is 6. The van der Waals surface area contributed by atoms with Gasteiger partial charge in [-0.05, 0) is 32.1 Å². The maximum absolute atomic E-state index is 11.1. The Balaban J connectivity index is 2.15. The summed E-state index contributed by atoms with van der Waals surface area (Å²) in [6.07, 6.45) is 6.86. The van der Waals surface area contributed by atoms with Gasteiger partial charge in [0, 0.05) is 12.6 Å². The second-order valence-corrected chi connectivity index (χ2v) is 5.67. The lowest BCUT2D eigenvalue weighted by molar-refractivity contribution is -0.384. The minimum atomic E-state index is -0.433. The number of anilines is 2. The fourth-order valence-corrected chi connectivity index (χ4v) is 2.68. The van der Waals surface area contributed by atoms with Crippen LogP contribution >= 0.6 is 0 Å². The first kappa shape index (κ1) is 15.5. The number of aromatic nitrogens is 2. The van der Waals surface area contributed by atoms with Gasteiger partial charge in [0.2, 0.25) is 11.8 Å². The van der Waals surface area contributed by atoms with E-state index < -0.39 is 4.92 Å². The maximum Gasteiger partial charge on any atom is 0.329 e. The van der Waals surface area contributed by atoms with Crippen molar-refractivity contribution in [1.82, 2.24) is 9.97 Å². The van der Waals surface area contributed by atoms with Gasteiger partial charge in [0.25, 0.3) is 0 Å². The van der Waals surface area contributed by atoms with E-state index in [0.29, 0.717) is 18.3 Å². The highest BCUT2D eigenvalue weighted by Gasteiger charge is 2.22. The molecule has 7 heteroatoms. The molecule has 2 atom stereocenters. The maximum atomic E-state index is 11.1. The fraction of sp³-hybridized carbons (Fsp3) is 0.714. The van der Waals surface area contributed by atoms with Crippen molar-refractivity contribution in [3.63, 3.8) is 0 Å². The minimum Gasteiger partial charge on any atom is -0.361 e. The number of nitrogens with zero attached hydrogens (tertiary/aromatic N) is 3. The highest BCUT2D eigenvalue weighted by Crippen LogP contribution is 2.28. The summed E-state index contributed by atoms with van der Waals surface area (Å²) >= 11 is 0. The van der Waals surface area contributed by atoms with Crippen molar-refractivity contribution in [2.45, 2.75) is 52.0 Å². The van der Waals surface area contributed by atoms with Crippen LogP contribution in [0.3, 0.4) is 0 Å². The average Bonchev–Trinajstić information content (AvgIpc) is 2.64. The van der Waals surface area contributed by atoms with E-state index in [1.807, 2.05) is 6.92 Å². The van der Waals surface area contributed by atoms with Crippen LogP contribution in [0.15, 0.2) is 6.20 Å². The zero-order valence-corrected chi connectivity index (χ0v) is 12.6. The molecule has 1 aromatic rings. The molecule has 2 N–H and O–H groups in total. The molecule has 1 aliphatic rings. The zero-order valence-electron chi connectivity index (χ0n) is 12.6. The van der Waals surface area contributed by atoms with E-state index in [2.05, 4.69) is 27.5 Å². The summed E-state index contributed by atoms with van der Waals surface area (Å²) < 4.78 is 0. The Bertz CT molecular complexity index is 494.